The van der Waals surface area contributed by atoms with E-state index in [1.54, 1.807) is 6.20 Å². The van der Waals surface area contributed by atoms with Gasteiger partial charge < -0.3 is 10.2 Å². The summed E-state index contributed by atoms with van der Waals surface area (Å²) in [5.74, 6) is 0.519. The van der Waals surface area contributed by atoms with E-state index in [-0.39, 0.29) is 5.91 Å². The van der Waals surface area contributed by atoms with Gasteiger partial charge in [-0.3, -0.25) is 4.79 Å². The van der Waals surface area contributed by atoms with Crippen LogP contribution in [0.1, 0.15) is 35.8 Å². The first-order valence-electron chi connectivity index (χ1n) is 9.59. The molecule has 3 aromatic rings. The van der Waals surface area contributed by atoms with Crippen LogP contribution >= 0.6 is 11.6 Å². The highest BCUT2D eigenvalue weighted by molar-refractivity contribution is 6.30. The lowest BCUT2D eigenvalue weighted by Gasteiger charge is -2.31. The molecule has 1 aliphatic heterocycles. The number of aryl methyl sites for hydroxylation is 1. The fourth-order valence-corrected chi connectivity index (χ4v) is 3.91. The van der Waals surface area contributed by atoms with E-state index in [1.807, 2.05) is 48.2 Å². The highest BCUT2D eigenvalue weighted by atomic mass is 35.5. The number of anilines is 2. The average molecular weight is 395 g/mol. The zero-order valence-electron chi connectivity index (χ0n) is 16.1. The maximum atomic E-state index is 13.3. The molecule has 1 aliphatic rings. The van der Waals surface area contributed by atoms with Crippen molar-refractivity contribution in [3.8, 4) is 0 Å². The molecule has 0 radical (unpaired) electrons. The Morgan fingerprint density at radius 3 is 2.93 bits per heavy atom. The van der Waals surface area contributed by atoms with Crippen molar-refractivity contribution in [2.24, 2.45) is 5.92 Å². The van der Waals surface area contributed by atoms with Crippen LogP contribution in [0.5, 0.6) is 0 Å². The second kappa shape index (κ2) is 7.76. The highest BCUT2D eigenvalue weighted by Gasteiger charge is 2.25. The van der Waals surface area contributed by atoms with E-state index in [0.717, 1.165) is 48.4 Å². The van der Waals surface area contributed by atoms with Crippen molar-refractivity contribution in [1.29, 1.82) is 0 Å². The molecule has 28 heavy (non-hydrogen) atoms. The van der Waals surface area contributed by atoms with Gasteiger partial charge in [-0.15, -0.1) is 0 Å². The number of halogens is 1. The molecule has 0 saturated carbocycles. The van der Waals surface area contributed by atoms with Gasteiger partial charge in [0.15, 0.2) is 5.65 Å². The van der Waals surface area contributed by atoms with Gasteiger partial charge in [-0.1, -0.05) is 24.6 Å². The van der Waals surface area contributed by atoms with E-state index in [4.69, 9.17) is 11.6 Å². The van der Waals surface area contributed by atoms with E-state index in [0.29, 0.717) is 22.2 Å². The van der Waals surface area contributed by atoms with Crippen LogP contribution in [0.25, 0.3) is 11.0 Å². The zero-order valence-corrected chi connectivity index (χ0v) is 16.8. The quantitative estimate of drug-likeness (QED) is 0.662. The number of carbonyl (C=O) groups is 1. The summed E-state index contributed by atoms with van der Waals surface area (Å²) >= 11 is 6.15. The summed E-state index contributed by atoms with van der Waals surface area (Å²) in [6.07, 6.45) is 3.84. The van der Waals surface area contributed by atoms with Gasteiger partial charge in [0.1, 0.15) is 0 Å². The lowest BCUT2D eigenvalue weighted by Crippen LogP contribution is -2.39. The summed E-state index contributed by atoms with van der Waals surface area (Å²) in [4.78, 5) is 24.3. The SMILES string of the molecule is Cc1ccc2c(Nc3cccc(Cl)c3)c(C(=O)N3CCCC(C)C3)cnc2n1. The number of benzene rings is 1. The van der Waals surface area contributed by atoms with Crippen LogP contribution in [-0.2, 0) is 0 Å². The van der Waals surface area contributed by atoms with Crippen LogP contribution in [-0.4, -0.2) is 33.9 Å². The molecule has 5 nitrogen and oxygen atoms in total. The number of rotatable bonds is 3. The lowest BCUT2D eigenvalue weighted by molar-refractivity contribution is 0.0684. The number of likely N-dealkylation sites (tertiary alicyclic amines) is 1. The normalized spacial score (nSPS) is 17.0. The Morgan fingerprint density at radius 1 is 1.29 bits per heavy atom. The largest absolute Gasteiger partial charge is 0.354 e. The van der Waals surface area contributed by atoms with E-state index in [2.05, 4.69) is 22.2 Å². The molecule has 0 spiro atoms. The molecule has 1 aromatic carbocycles. The van der Waals surface area contributed by atoms with Crippen molar-refractivity contribution < 1.29 is 4.79 Å². The number of nitrogens with one attached hydrogen (secondary N) is 1. The standard InChI is InChI=1S/C22H23ClN4O/c1-14-5-4-10-27(13-14)22(28)19-12-24-21-18(9-8-15(2)25-21)20(19)26-17-7-3-6-16(23)11-17/h3,6-9,11-12,14H,4-5,10,13H2,1-2H3,(H,24,25,26). The molecule has 0 bridgehead atoms. The predicted octanol–water partition coefficient (Wildman–Crippen LogP) is 5.21. The third-order valence-corrected chi connectivity index (χ3v) is 5.37. The van der Waals surface area contributed by atoms with Gasteiger partial charge in [0.2, 0.25) is 0 Å². The molecular formula is C22H23ClN4O. The number of hydrogen-bond donors (Lipinski definition) is 1. The van der Waals surface area contributed by atoms with Crippen molar-refractivity contribution >= 4 is 39.9 Å². The fourth-order valence-electron chi connectivity index (χ4n) is 3.72. The number of aromatic nitrogens is 2. The minimum atomic E-state index is 0.00560. The Kier molecular flexibility index (Phi) is 5.18. The number of nitrogens with zero attached hydrogens (tertiary/aromatic N) is 3. The Morgan fingerprint density at radius 2 is 2.14 bits per heavy atom. The average Bonchev–Trinajstić information content (AvgIpc) is 2.67. The van der Waals surface area contributed by atoms with Crippen molar-refractivity contribution in [2.75, 3.05) is 18.4 Å². The number of piperidine rings is 1. The molecule has 4 rings (SSSR count). The van der Waals surface area contributed by atoms with Crippen molar-refractivity contribution in [3.63, 3.8) is 0 Å². The smallest absolute Gasteiger partial charge is 0.257 e. The first-order chi connectivity index (χ1) is 13.5. The van der Waals surface area contributed by atoms with E-state index in [9.17, 15) is 4.79 Å². The molecule has 1 amide bonds. The van der Waals surface area contributed by atoms with Crippen LogP contribution in [0.4, 0.5) is 11.4 Å². The van der Waals surface area contributed by atoms with Crippen molar-refractivity contribution in [1.82, 2.24) is 14.9 Å². The molecule has 1 fully saturated rings. The van der Waals surface area contributed by atoms with Gasteiger partial charge >= 0.3 is 0 Å². The molecule has 2 aromatic heterocycles. The molecule has 1 N–H and O–H groups in total. The lowest BCUT2D eigenvalue weighted by atomic mass is 9.99. The molecule has 144 valence electrons. The summed E-state index contributed by atoms with van der Waals surface area (Å²) in [6, 6.07) is 11.4. The second-order valence-electron chi connectivity index (χ2n) is 7.50. The van der Waals surface area contributed by atoms with Crippen LogP contribution in [0.3, 0.4) is 0 Å². The first kappa shape index (κ1) is 18.7. The van der Waals surface area contributed by atoms with Gasteiger partial charge in [-0.05, 0) is 56.0 Å². The summed E-state index contributed by atoms with van der Waals surface area (Å²) in [5, 5.41) is 4.85. The summed E-state index contributed by atoms with van der Waals surface area (Å²) < 4.78 is 0. The Balaban J connectivity index is 1.80. The topological polar surface area (TPSA) is 58.1 Å². The predicted molar refractivity (Wildman–Crippen MR) is 113 cm³/mol. The number of amides is 1. The third kappa shape index (κ3) is 3.80. The maximum absolute atomic E-state index is 13.3. The van der Waals surface area contributed by atoms with Crippen LogP contribution < -0.4 is 5.32 Å². The van der Waals surface area contributed by atoms with Crippen LogP contribution in [0, 0.1) is 12.8 Å². The molecular weight excluding hydrogens is 372 g/mol. The van der Waals surface area contributed by atoms with E-state index >= 15 is 0 Å². The van der Waals surface area contributed by atoms with E-state index < -0.39 is 0 Å². The molecule has 0 aliphatic carbocycles. The zero-order chi connectivity index (χ0) is 19.7. The third-order valence-electron chi connectivity index (χ3n) is 5.14. The van der Waals surface area contributed by atoms with Gasteiger partial charge in [0.05, 0.1) is 11.3 Å². The monoisotopic (exact) mass is 394 g/mol. The number of fused-ring (bicyclic) bond motifs is 1. The first-order valence-corrected chi connectivity index (χ1v) is 9.97. The molecule has 3 heterocycles. The summed E-state index contributed by atoms with van der Waals surface area (Å²) in [6.45, 7) is 5.68. The second-order valence-corrected chi connectivity index (χ2v) is 7.94. The van der Waals surface area contributed by atoms with E-state index in [1.165, 1.54) is 0 Å². The van der Waals surface area contributed by atoms with Gasteiger partial charge in [0, 0.05) is 41.1 Å². The van der Waals surface area contributed by atoms with Crippen LogP contribution in [0.2, 0.25) is 5.02 Å². The van der Waals surface area contributed by atoms with Crippen molar-refractivity contribution in [2.45, 2.75) is 26.7 Å². The van der Waals surface area contributed by atoms with Crippen LogP contribution in [0.15, 0.2) is 42.6 Å². The van der Waals surface area contributed by atoms with Gasteiger partial charge in [-0.2, -0.15) is 0 Å². The number of pyridine rings is 2. The molecule has 1 atom stereocenters. The summed E-state index contributed by atoms with van der Waals surface area (Å²) in [7, 11) is 0. The fraction of sp³-hybridized carbons (Fsp3) is 0.318. The highest BCUT2D eigenvalue weighted by Crippen LogP contribution is 2.31. The summed E-state index contributed by atoms with van der Waals surface area (Å²) in [5.41, 5.74) is 3.61. The van der Waals surface area contributed by atoms with Gasteiger partial charge in [-0.25, -0.2) is 9.97 Å². The number of hydrogen-bond acceptors (Lipinski definition) is 4. The Bertz CT molecular complexity index is 1040. The minimum Gasteiger partial charge on any atom is -0.354 e. The minimum absolute atomic E-state index is 0.00560. The Hall–Kier alpha value is -2.66. The Labute approximate surface area is 169 Å². The molecule has 1 unspecified atom stereocenters. The molecule has 6 heteroatoms. The number of carbonyl (C=O) groups excluding carboxylic acids is 1. The maximum Gasteiger partial charge on any atom is 0.257 e. The molecule has 1 saturated heterocycles. The van der Waals surface area contributed by atoms with Crippen molar-refractivity contribution in [3.05, 3.63) is 58.9 Å². The van der Waals surface area contributed by atoms with Gasteiger partial charge in [0.25, 0.3) is 5.91 Å².